The van der Waals surface area contributed by atoms with Crippen molar-refractivity contribution in [3.63, 3.8) is 0 Å². The summed E-state index contributed by atoms with van der Waals surface area (Å²) in [5.41, 5.74) is 1.01. The molecular weight excluding hydrogens is 282 g/mol. The first-order chi connectivity index (χ1) is 10.3. The number of ether oxygens (including phenoxy) is 1. The lowest BCUT2D eigenvalue weighted by atomic mass is 9.98. The fourth-order valence-corrected chi connectivity index (χ4v) is 2.21. The molecule has 0 aliphatic rings. The number of amides is 1. The van der Waals surface area contributed by atoms with E-state index < -0.39 is 12.0 Å². The Bertz CT molecular complexity index is 496. The summed E-state index contributed by atoms with van der Waals surface area (Å²) in [6, 6.07) is 6.68. The van der Waals surface area contributed by atoms with E-state index in [1.54, 1.807) is 14.0 Å². The standard InChI is InChI=1S/C17H25NO4/c1-11(2)9-15(17(20)21)18-16(19)12(3)10-13-5-7-14(22-4)8-6-13/h5-8,11-12,15H,9-10H2,1-4H3,(H,18,19)(H,20,21)/t12?,15-/m1/s1. The van der Waals surface area contributed by atoms with Crippen molar-refractivity contribution in [3.05, 3.63) is 29.8 Å². The molecule has 1 rings (SSSR count). The van der Waals surface area contributed by atoms with Crippen molar-refractivity contribution in [1.29, 1.82) is 0 Å². The third-order valence-corrected chi connectivity index (χ3v) is 3.47. The van der Waals surface area contributed by atoms with E-state index in [0.717, 1.165) is 11.3 Å². The average Bonchev–Trinajstić information content (AvgIpc) is 2.46. The van der Waals surface area contributed by atoms with Gasteiger partial charge in [0.2, 0.25) is 5.91 Å². The van der Waals surface area contributed by atoms with Gasteiger partial charge in [0.15, 0.2) is 0 Å². The van der Waals surface area contributed by atoms with Crippen molar-refractivity contribution >= 4 is 11.9 Å². The van der Waals surface area contributed by atoms with Crippen LogP contribution in [0.5, 0.6) is 5.75 Å². The second-order valence-electron chi connectivity index (χ2n) is 5.98. The van der Waals surface area contributed by atoms with E-state index in [4.69, 9.17) is 4.74 Å². The number of hydrogen-bond donors (Lipinski definition) is 2. The number of carboxylic acid groups (broad SMARTS) is 1. The zero-order chi connectivity index (χ0) is 16.7. The highest BCUT2D eigenvalue weighted by molar-refractivity contribution is 5.84. The molecule has 0 saturated heterocycles. The van der Waals surface area contributed by atoms with Crippen LogP contribution in [0, 0.1) is 11.8 Å². The summed E-state index contributed by atoms with van der Waals surface area (Å²) >= 11 is 0. The van der Waals surface area contributed by atoms with Crippen LogP contribution in [-0.4, -0.2) is 30.1 Å². The van der Waals surface area contributed by atoms with Crippen LogP contribution in [0.3, 0.4) is 0 Å². The number of hydrogen-bond acceptors (Lipinski definition) is 3. The van der Waals surface area contributed by atoms with Gasteiger partial charge in [0, 0.05) is 5.92 Å². The molecule has 0 fully saturated rings. The van der Waals surface area contributed by atoms with Crippen LogP contribution < -0.4 is 10.1 Å². The highest BCUT2D eigenvalue weighted by Crippen LogP contribution is 2.15. The Labute approximate surface area is 131 Å². The summed E-state index contributed by atoms with van der Waals surface area (Å²) in [5, 5.41) is 11.8. The highest BCUT2D eigenvalue weighted by Gasteiger charge is 2.23. The molecular formula is C17H25NO4. The van der Waals surface area contributed by atoms with Crippen molar-refractivity contribution in [2.45, 2.75) is 39.7 Å². The molecule has 0 heterocycles. The van der Waals surface area contributed by atoms with Crippen LogP contribution in [0.25, 0.3) is 0 Å². The monoisotopic (exact) mass is 307 g/mol. The fourth-order valence-electron chi connectivity index (χ4n) is 2.21. The minimum Gasteiger partial charge on any atom is -0.497 e. The van der Waals surface area contributed by atoms with Crippen molar-refractivity contribution in [3.8, 4) is 5.75 Å². The largest absolute Gasteiger partial charge is 0.497 e. The maximum absolute atomic E-state index is 12.2. The quantitative estimate of drug-likeness (QED) is 0.773. The van der Waals surface area contributed by atoms with Crippen LogP contribution in [0.2, 0.25) is 0 Å². The number of rotatable bonds is 8. The summed E-state index contributed by atoms with van der Waals surface area (Å²) in [4.78, 5) is 23.4. The van der Waals surface area contributed by atoms with Gasteiger partial charge in [-0.3, -0.25) is 4.79 Å². The van der Waals surface area contributed by atoms with E-state index in [9.17, 15) is 14.7 Å². The molecule has 2 atom stereocenters. The molecule has 0 radical (unpaired) electrons. The molecule has 1 aromatic rings. The number of carbonyl (C=O) groups excluding carboxylic acids is 1. The van der Waals surface area contributed by atoms with Crippen LogP contribution in [0.1, 0.15) is 32.8 Å². The van der Waals surface area contributed by atoms with Gasteiger partial charge in [0.1, 0.15) is 11.8 Å². The van der Waals surface area contributed by atoms with E-state index >= 15 is 0 Å². The first-order valence-corrected chi connectivity index (χ1v) is 7.49. The molecule has 0 aliphatic carbocycles. The maximum atomic E-state index is 12.2. The summed E-state index contributed by atoms with van der Waals surface area (Å²) in [6.45, 7) is 5.67. The Balaban J connectivity index is 2.61. The Hall–Kier alpha value is -2.04. The van der Waals surface area contributed by atoms with Crippen molar-refractivity contribution in [1.82, 2.24) is 5.32 Å². The van der Waals surface area contributed by atoms with Gasteiger partial charge in [0.25, 0.3) is 0 Å². The molecule has 0 spiro atoms. The normalized spacial score (nSPS) is 13.5. The molecule has 0 saturated carbocycles. The van der Waals surface area contributed by atoms with Crippen molar-refractivity contribution in [2.24, 2.45) is 11.8 Å². The number of methoxy groups -OCH3 is 1. The van der Waals surface area contributed by atoms with E-state index in [-0.39, 0.29) is 17.7 Å². The van der Waals surface area contributed by atoms with Crippen molar-refractivity contribution < 1.29 is 19.4 Å². The molecule has 5 heteroatoms. The molecule has 1 amide bonds. The van der Waals surface area contributed by atoms with Gasteiger partial charge in [-0.1, -0.05) is 32.9 Å². The summed E-state index contributed by atoms with van der Waals surface area (Å²) < 4.78 is 5.09. The molecule has 5 nitrogen and oxygen atoms in total. The van der Waals surface area contributed by atoms with Gasteiger partial charge in [0.05, 0.1) is 7.11 Å². The summed E-state index contributed by atoms with van der Waals surface area (Å²) in [5.74, 6) is -0.535. The first-order valence-electron chi connectivity index (χ1n) is 7.49. The lowest BCUT2D eigenvalue weighted by Crippen LogP contribution is -2.44. The van der Waals surface area contributed by atoms with Crippen molar-refractivity contribution in [2.75, 3.05) is 7.11 Å². The second-order valence-corrected chi connectivity index (χ2v) is 5.98. The Kier molecular flexibility index (Phi) is 6.89. The number of aliphatic carboxylic acids is 1. The Morgan fingerprint density at radius 3 is 2.23 bits per heavy atom. The third-order valence-electron chi connectivity index (χ3n) is 3.47. The minimum absolute atomic E-state index is 0.207. The van der Waals surface area contributed by atoms with E-state index in [2.05, 4.69) is 5.32 Å². The zero-order valence-electron chi connectivity index (χ0n) is 13.6. The molecule has 0 bridgehead atoms. The Morgan fingerprint density at radius 2 is 1.77 bits per heavy atom. The second kappa shape index (κ2) is 8.41. The van der Waals surface area contributed by atoms with Gasteiger partial charge in [-0.25, -0.2) is 4.79 Å². The summed E-state index contributed by atoms with van der Waals surface area (Å²) in [6.07, 6.45) is 0.986. The number of nitrogens with one attached hydrogen (secondary N) is 1. The predicted molar refractivity (Wildman–Crippen MR) is 84.9 cm³/mol. The third kappa shape index (κ3) is 5.76. The predicted octanol–water partition coefficient (Wildman–Crippen LogP) is 2.49. The number of carboxylic acids is 1. The minimum atomic E-state index is -0.987. The fraction of sp³-hybridized carbons (Fsp3) is 0.529. The molecule has 1 aromatic carbocycles. The van der Waals surface area contributed by atoms with E-state index in [1.165, 1.54) is 0 Å². The topological polar surface area (TPSA) is 75.6 Å². The van der Waals surface area contributed by atoms with E-state index in [0.29, 0.717) is 12.8 Å². The first kappa shape index (κ1) is 18.0. The van der Waals surface area contributed by atoms with Crippen LogP contribution >= 0.6 is 0 Å². The zero-order valence-corrected chi connectivity index (χ0v) is 13.6. The highest BCUT2D eigenvalue weighted by atomic mass is 16.5. The molecule has 0 aliphatic heterocycles. The smallest absolute Gasteiger partial charge is 0.326 e. The molecule has 2 N–H and O–H groups in total. The number of carbonyl (C=O) groups is 2. The van der Waals surface area contributed by atoms with E-state index in [1.807, 2.05) is 38.1 Å². The molecule has 0 aromatic heterocycles. The van der Waals surface area contributed by atoms with Gasteiger partial charge in [-0.15, -0.1) is 0 Å². The molecule has 122 valence electrons. The van der Waals surface area contributed by atoms with Gasteiger partial charge >= 0.3 is 5.97 Å². The molecule has 22 heavy (non-hydrogen) atoms. The van der Waals surface area contributed by atoms with Gasteiger partial charge in [-0.2, -0.15) is 0 Å². The summed E-state index contributed by atoms with van der Waals surface area (Å²) in [7, 11) is 1.60. The average molecular weight is 307 g/mol. The van der Waals surface area contributed by atoms with Crippen LogP contribution in [0.15, 0.2) is 24.3 Å². The molecule has 1 unspecified atom stereocenters. The SMILES string of the molecule is COc1ccc(CC(C)C(=O)N[C@H](CC(C)C)C(=O)O)cc1. The lowest BCUT2D eigenvalue weighted by molar-refractivity contribution is -0.142. The van der Waals surface area contributed by atoms with Gasteiger partial charge < -0.3 is 15.2 Å². The Morgan fingerprint density at radius 1 is 1.18 bits per heavy atom. The maximum Gasteiger partial charge on any atom is 0.326 e. The van der Waals surface area contributed by atoms with Crippen LogP contribution in [-0.2, 0) is 16.0 Å². The van der Waals surface area contributed by atoms with Crippen LogP contribution in [0.4, 0.5) is 0 Å². The number of benzene rings is 1. The van der Waals surface area contributed by atoms with Gasteiger partial charge in [-0.05, 0) is 36.5 Å². The lowest BCUT2D eigenvalue weighted by Gasteiger charge is -2.19.